The van der Waals surface area contributed by atoms with E-state index in [1.54, 1.807) is 0 Å². The largest absolute Gasteiger partial charge is 0.477 e. The molecule has 0 aromatic carbocycles. The molecule has 2 aromatic heterocycles. The third-order valence-corrected chi connectivity index (χ3v) is 8.43. The fourth-order valence-corrected chi connectivity index (χ4v) is 6.11. The van der Waals surface area contributed by atoms with Gasteiger partial charge in [-0.25, -0.2) is 4.79 Å². The minimum absolute atomic E-state index is 0.00892. The maximum atomic E-state index is 14.1. The van der Waals surface area contributed by atoms with Gasteiger partial charge in [-0.3, -0.25) is 4.79 Å². The van der Waals surface area contributed by atoms with Gasteiger partial charge in [-0.2, -0.15) is 5.10 Å². The van der Waals surface area contributed by atoms with Crippen molar-refractivity contribution in [1.82, 2.24) is 10.2 Å². The molecule has 2 fully saturated rings. The summed E-state index contributed by atoms with van der Waals surface area (Å²) in [7, 11) is 0. The molecule has 2 heterocycles. The van der Waals surface area contributed by atoms with E-state index in [1.165, 1.54) is 0 Å². The van der Waals surface area contributed by atoms with Crippen molar-refractivity contribution >= 4 is 28.9 Å². The Kier molecular flexibility index (Phi) is 8.77. The van der Waals surface area contributed by atoms with Crippen molar-refractivity contribution in [2.45, 2.75) is 98.1 Å². The molecule has 7 nitrogen and oxygen atoms in total. The molecule has 8 heteroatoms. The maximum Gasteiger partial charge on any atom is 0.348 e. The van der Waals surface area contributed by atoms with E-state index in [-0.39, 0.29) is 34.3 Å². The zero-order valence-electron chi connectivity index (χ0n) is 23.1. The molecule has 0 bridgehead atoms. The van der Waals surface area contributed by atoms with Gasteiger partial charge in [0.05, 0.1) is 16.3 Å². The second-order valence-corrected chi connectivity index (χ2v) is 12.9. The molecule has 2 aromatic rings. The van der Waals surface area contributed by atoms with Crippen LogP contribution in [0.25, 0.3) is 0 Å². The maximum absolute atomic E-state index is 14.1. The highest BCUT2D eigenvalue weighted by Gasteiger charge is 2.38. The van der Waals surface area contributed by atoms with E-state index in [1.807, 2.05) is 50.8 Å². The van der Waals surface area contributed by atoms with E-state index in [0.717, 1.165) is 68.4 Å². The molecule has 1 N–H and O–H groups in total. The second kappa shape index (κ2) is 11.9. The number of carboxylic acid groups (broad SMARTS) is 1. The Labute approximate surface area is 230 Å². The predicted molar refractivity (Wildman–Crippen MR) is 150 cm³/mol. The van der Waals surface area contributed by atoms with E-state index in [9.17, 15) is 14.7 Å². The fourth-order valence-electron chi connectivity index (χ4n) is 5.26. The molecule has 2 saturated carbocycles. The molecule has 1 amide bonds. The molecule has 0 spiro atoms. The topological polar surface area (TPSA) is 92.6 Å². The third kappa shape index (κ3) is 7.13. The zero-order valence-corrected chi connectivity index (χ0v) is 23.9. The molecule has 4 rings (SSSR count). The number of nitrogens with zero attached hydrogens (tertiary/aromatic N) is 3. The number of hydrogen-bond donors (Lipinski definition) is 1. The van der Waals surface area contributed by atoms with Crippen molar-refractivity contribution in [2.75, 3.05) is 4.90 Å². The van der Waals surface area contributed by atoms with Gasteiger partial charge >= 0.3 is 5.97 Å². The first kappa shape index (κ1) is 28.1. The molecular weight excluding hydrogens is 498 g/mol. The van der Waals surface area contributed by atoms with Crippen LogP contribution < -0.4 is 9.64 Å². The fraction of sp³-hybridized carbons (Fsp3) is 0.600. The van der Waals surface area contributed by atoms with Crippen molar-refractivity contribution in [3.63, 3.8) is 0 Å². The number of aromatic carboxylic acids is 1. The van der Waals surface area contributed by atoms with E-state index in [2.05, 4.69) is 29.0 Å². The highest BCUT2D eigenvalue weighted by Crippen LogP contribution is 2.39. The number of carbonyl (C=O) groups is 2. The van der Waals surface area contributed by atoms with Gasteiger partial charge in [-0.1, -0.05) is 18.8 Å². The first-order valence-electron chi connectivity index (χ1n) is 13.7. The van der Waals surface area contributed by atoms with Gasteiger partial charge in [0.1, 0.15) is 11.0 Å². The minimum atomic E-state index is -1.01. The zero-order chi connectivity index (χ0) is 27.4. The van der Waals surface area contributed by atoms with E-state index < -0.39 is 5.97 Å². The summed E-state index contributed by atoms with van der Waals surface area (Å²) in [6.45, 7) is 10.2. The smallest absolute Gasteiger partial charge is 0.348 e. The lowest BCUT2D eigenvalue weighted by molar-refractivity contribution is -0.124. The lowest BCUT2D eigenvalue weighted by Gasteiger charge is -2.39. The Bertz CT molecular complexity index is 1190. The summed E-state index contributed by atoms with van der Waals surface area (Å²) < 4.78 is 6.08. The summed E-state index contributed by atoms with van der Waals surface area (Å²) in [5.74, 6) is 6.46. The van der Waals surface area contributed by atoms with Crippen LogP contribution in [-0.4, -0.2) is 39.3 Å². The normalized spacial score (nSPS) is 23.7. The van der Waals surface area contributed by atoms with Crippen LogP contribution in [0, 0.1) is 36.0 Å². The SMILES string of the molecule is Cc1ccc(O[C@H]2CC[C@H](N(c3cc(C#CC(C)(C)C)sc3C(=O)O)C(=O)[C@H]3CC[C@H](C)CC3)CC2)nn1. The minimum Gasteiger partial charge on any atom is -0.477 e. The van der Waals surface area contributed by atoms with Crippen molar-refractivity contribution in [3.8, 4) is 17.7 Å². The van der Waals surface area contributed by atoms with Crippen molar-refractivity contribution < 1.29 is 19.4 Å². The van der Waals surface area contributed by atoms with Gasteiger partial charge in [0.25, 0.3) is 0 Å². The quantitative estimate of drug-likeness (QED) is 0.423. The second-order valence-electron chi connectivity index (χ2n) is 11.9. The number of hydrogen-bond acceptors (Lipinski definition) is 6. The standard InChI is InChI=1S/C30H39N3O4S/c1-19-6-9-21(10-7-19)28(34)33(25-18-24(16-17-30(3,4)5)38-27(25)29(35)36)22-11-13-23(14-12-22)37-26-15-8-20(2)31-32-26/h8,15,18-19,21-23H,6-7,9-14H2,1-5H3,(H,35,36)/t19-,21-,22-,23-. The molecule has 0 aliphatic heterocycles. The van der Waals surface area contributed by atoms with E-state index in [0.29, 0.717) is 22.4 Å². The summed E-state index contributed by atoms with van der Waals surface area (Å²) in [5, 5.41) is 18.3. The van der Waals surface area contributed by atoms with Crippen molar-refractivity contribution in [2.24, 2.45) is 17.3 Å². The molecule has 2 aliphatic carbocycles. The first-order chi connectivity index (χ1) is 18.0. The molecule has 204 valence electrons. The highest BCUT2D eigenvalue weighted by atomic mass is 32.1. The van der Waals surface area contributed by atoms with Crippen LogP contribution in [0.2, 0.25) is 0 Å². The molecule has 0 atom stereocenters. The van der Waals surface area contributed by atoms with Gasteiger partial charge in [0.15, 0.2) is 0 Å². The summed E-state index contributed by atoms with van der Waals surface area (Å²) >= 11 is 1.16. The van der Waals surface area contributed by atoms with Gasteiger partial charge < -0.3 is 14.7 Å². The third-order valence-electron chi connectivity index (χ3n) is 7.40. The van der Waals surface area contributed by atoms with Gasteiger partial charge in [-0.05, 0) is 97.1 Å². The Morgan fingerprint density at radius 1 is 1.05 bits per heavy atom. The van der Waals surface area contributed by atoms with Crippen LogP contribution in [0.1, 0.15) is 99.3 Å². The first-order valence-corrected chi connectivity index (χ1v) is 14.5. The molecule has 0 radical (unpaired) electrons. The summed E-state index contributed by atoms with van der Waals surface area (Å²) in [6.07, 6.45) is 6.73. The summed E-state index contributed by atoms with van der Waals surface area (Å²) in [6, 6.07) is 5.45. The number of aryl methyl sites for hydroxylation is 1. The highest BCUT2D eigenvalue weighted by molar-refractivity contribution is 7.15. The van der Waals surface area contributed by atoms with Crippen LogP contribution in [0.15, 0.2) is 18.2 Å². The summed E-state index contributed by atoms with van der Waals surface area (Å²) in [4.78, 5) is 29.1. The van der Waals surface area contributed by atoms with Crippen LogP contribution >= 0.6 is 11.3 Å². The number of carbonyl (C=O) groups excluding carboxylic acids is 1. The van der Waals surface area contributed by atoms with Crippen molar-refractivity contribution in [3.05, 3.63) is 33.6 Å². The lowest BCUT2D eigenvalue weighted by atomic mass is 9.81. The molecule has 0 saturated heterocycles. The van der Waals surface area contributed by atoms with Crippen molar-refractivity contribution in [1.29, 1.82) is 0 Å². The number of amides is 1. The Morgan fingerprint density at radius 2 is 1.74 bits per heavy atom. The van der Waals surface area contributed by atoms with E-state index >= 15 is 0 Å². The monoisotopic (exact) mass is 537 g/mol. The number of anilines is 1. The molecule has 0 unspecified atom stereocenters. The van der Waals surface area contributed by atoms with Gasteiger partial charge in [0.2, 0.25) is 11.8 Å². The number of aromatic nitrogens is 2. The lowest BCUT2D eigenvalue weighted by Crippen LogP contribution is -2.47. The van der Waals surface area contributed by atoms with Gasteiger partial charge in [0, 0.05) is 23.4 Å². The number of ether oxygens (including phenoxy) is 1. The molecule has 2 aliphatic rings. The average molecular weight is 538 g/mol. The van der Waals surface area contributed by atoms with Crippen LogP contribution in [0.4, 0.5) is 5.69 Å². The van der Waals surface area contributed by atoms with Gasteiger partial charge in [-0.15, -0.1) is 16.4 Å². The van der Waals surface area contributed by atoms with Crippen LogP contribution in [-0.2, 0) is 4.79 Å². The molecule has 38 heavy (non-hydrogen) atoms. The number of carboxylic acids is 1. The summed E-state index contributed by atoms with van der Waals surface area (Å²) in [5.41, 5.74) is 1.13. The molecular formula is C30H39N3O4S. The Morgan fingerprint density at radius 3 is 2.32 bits per heavy atom. The van der Waals surface area contributed by atoms with E-state index in [4.69, 9.17) is 4.74 Å². The van der Waals surface area contributed by atoms with Crippen LogP contribution in [0.3, 0.4) is 0 Å². The number of thiophene rings is 1. The average Bonchev–Trinajstić information content (AvgIpc) is 3.30. The number of rotatable bonds is 6. The Hall–Kier alpha value is -2.92. The van der Waals surface area contributed by atoms with Crippen LogP contribution in [0.5, 0.6) is 5.88 Å². The Balaban J connectivity index is 1.60. The predicted octanol–water partition coefficient (Wildman–Crippen LogP) is 6.49.